The smallest absolute Gasteiger partial charge is 0.362 e. The number of nitrogens with zero attached hydrogens (tertiary/aromatic N) is 1. The highest BCUT2D eigenvalue weighted by Gasteiger charge is 2.66. The van der Waals surface area contributed by atoms with E-state index in [4.69, 9.17) is 9.47 Å². The van der Waals surface area contributed by atoms with Crippen molar-refractivity contribution < 1.29 is 32.7 Å². The van der Waals surface area contributed by atoms with Crippen molar-refractivity contribution in [1.82, 2.24) is 0 Å². The first-order valence-electron chi connectivity index (χ1n) is 12.6. The summed E-state index contributed by atoms with van der Waals surface area (Å²) in [5.74, 6) is -1.84. The molecule has 1 saturated carbocycles. The van der Waals surface area contributed by atoms with E-state index in [0.717, 1.165) is 30.9 Å². The second-order valence-electron chi connectivity index (χ2n) is 9.81. The summed E-state index contributed by atoms with van der Waals surface area (Å²) in [7, 11) is 0. The van der Waals surface area contributed by atoms with Gasteiger partial charge in [-0.3, -0.25) is 4.79 Å². The number of quaternary nitrogens is 1. The molecule has 0 radical (unpaired) electrons. The van der Waals surface area contributed by atoms with Crippen molar-refractivity contribution in [3.05, 3.63) is 65.0 Å². The van der Waals surface area contributed by atoms with Gasteiger partial charge in [0.15, 0.2) is 12.1 Å². The highest BCUT2D eigenvalue weighted by molar-refractivity contribution is 6.05. The minimum absolute atomic E-state index is 0.00837. The first-order chi connectivity index (χ1) is 17.3. The summed E-state index contributed by atoms with van der Waals surface area (Å²) in [6.45, 7) is 5.18. The molecule has 2 aromatic carbocycles. The van der Waals surface area contributed by atoms with Gasteiger partial charge in [-0.05, 0) is 56.4 Å². The molecule has 1 aliphatic carbocycles. The molecular weight excluding hydrogens is 463 g/mol. The molecule has 0 bridgehead atoms. The molecule has 2 fully saturated rings. The number of hydrogen-bond donors (Lipinski definition) is 1. The topological polar surface area (TPSA) is 81.7 Å². The average Bonchev–Trinajstić information content (AvgIpc) is 3.68. The number of esters is 2. The van der Waals surface area contributed by atoms with Crippen molar-refractivity contribution in [2.45, 2.75) is 58.1 Å². The lowest BCUT2D eigenvalue weighted by Gasteiger charge is -2.46. The molecule has 8 heteroatoms. The lowest BCUT2D eigenvalue weighted by Crippen LogP contribution is -2.66. The normalized spacial score (nSPS) is 17.6. The predicted molar refractivity (Wildman–Crippen MR) is 133 cm³/mol. The highest BCUT2D eigenvalue weighted by Crippen LogP contribution is 2.50. The van der Waals surface area contributed by atoms with Gasteiger partial charge in [-0.15, -0.1) is 0 Å². The van der Waals surface area contributed by atoms with E-state index in [0.29, 0.717) is 36.0 Å². The zero-order chi connectivity index (χ0) is 25.8. The van der Waals surface area contributed by atoms with Gasteiger partial charge in [-0.2, -0.15) is 0 Å². The second kappa shape index (κ2) is 10.8. The first-order valence-corrected chi connectivity index (χ1v) is 12.6. The summed E-state index contributed by atoms with van der Waals surface area (Å²) in [5.41, 5.74) is 0.820. The monoisotopic (exact) mass is 497 g/mol. The quantitative estimate of drug-likeness (QED) is 0.407. The summed E-state index contributed by atoms with van der Waals surface area (Å²) in [6, 6.07) is 11.9. The van der Waals surface area contributed by atoms with Crippen LogP contribution in [0.5, 0.6) is 0 Å². The van der Waals surface area contributed by atoms with Crippen LogP contribution < -0.4 is 5.32 Å². The maximum absolute atomic E-state index is 14.1. The van der Waals surface area contributed by atoms with Crippen LogP contribution in [0.3, 0.4) is 0 Å². The Morgan fingerprint density at radius 1 is 1.03 bits per heavy atom. The van der Waals surface area contributed by atoms with E-state index in [1.54, 1.807) is 13.8 Å². The molecule has 0 unspecified atom stereocenters. The molecule has 0 aromatic heterocycles. The van der Waals surface area contributed by atoms with Gasteiger partial charge in [-0.25, -0.2) is 14.0 Å². The van der Waals surface area contributed by atoms with Gasteiger partial charge in [0.05, 0.1) is 30.9 Å². The number of carbonyl (C=O) groups is 3. The molecule has 2 aromatic rings. The Labute approximate surface area is 211 Å². The van der Waals surface area contributed by atoms with Gasteiger partial charge < -0.3 is 19.3 Å². The third-order valence-corrected chi connectivity index (χ3v) is 7.44. The van der Waals surface area contributed by atoms with Crippen LogP contribution in [0.4, 0.5) is 10.1 Å². The van der Waals surface area contributed by atoms with Gasteiger partial charge in [-0.1, -0.05) is 30.3 Å². The van der Waals surface area contributed by atoms with Crippen LogP contribution in [0, 0.1) is 12.7 Å². The van der Waals surface area contributed by atoms with Gasteiger partial charge in [0.2, 0.25) is 0 Å². The third kappa shape index (κ3) is 5.28. The largest absolute Gasteiger partial charge is 0.462 e. The van der Waals surface area contributed by atoms with E-state index >= 15 is 0 Å². The summed E-state index contributed by atoms with van der Waals surface area (Å²) in [5, 5.41) is 2.93. The Hall–Kier alpha value is -3.26. The Morgan fingerprint density at radius 3 is 2.36 bits per heavy atom. The predicted octanol–water partition coefficient (Wildman–Crippen LogP) is 4.53. The number of carbonyl (C=O) groups excluding carboxylic acids is 3. The maximum Gasteiger partial charge on any atom is 0.362 e. The summed E-state index contributed by atoms with van der Waals surface area (Å²) >= 11 is 0. The van der Waals surface area contributed by atoms with E-state index in [1.807, 2.05) is 30.3 Å². The molecule has 1 N–H and O–H groups in total. The molecule has 1 amide bonds. The SMILES string of the molecule is CCOC(=O)c1cc(F)cc(C)c1NC(=O)C1([N+]2(CC(=O)OCc3ccccc3)CCCCC2)CC1. The zero-order valence-electron chi connectivity index (χ0n) is 21.0. The number of piperidine rings is 1. The lowest BCUT2D eigenvalue weighted by molar-refractivity contribution is -0.950. The van der Waals surface area contributed by atoms with Gasteiger partial charge in [0.1, 0.15) is 12.4 Å². The first kappa shape index (κ1) is 25.8. The Balaban J connectivity index is 1.56. The fourth-order valence-corrected chi connectivity index (χ4v) is 5.43. The van der Waals surface area contributed by atoms with Gasteiger partial charge in [0.25, 0.3) is 5.91 Å². The number of rotatable bonds is 9. The number of ether oxygens (including phenoxy) is 2. The van der Waals surface area contributed by atoms with Crippen molar-refractivity contribution in [3.63, 3.8) is 0 Å². The minimum Gasteiger partial charge on any atom is -0.462 e. The lowest BCUT2D eigenvalue weighted by atomic mass is 9.99. The van der Waals surface area contributed by atoms with E-state index in [-0.39, 0.29) is 42.9 Å². The van der Waals surface area contributed by atoms with Crippen molar-refractivity contribution >= 4 is 23.5 Å². The summed E-state index contributed by atoms with van der Waals surface area (Å²) < 4.78 is 25.1. The molecular formula is C28H34FN2O5+. The fourth-order valence-electron chi connectivity index (χ4n) is 5.43. The maximum atomic E-state index is 14.1. The average molecular weight is 498 g/mol. The number of hydrogen-bond acceptors (Lipinski definition) is 5. The minimum atomic E-state index is -0.779. The van der Waals surface area contributed by atoms with E-state index < -0.39 is 17.3 Å². The third-order valence-electron chi connectivity index (χ3n) is 7.44. The van der Waals surface area contributed by atoms with Crippen LogP contribution in [-0.2, 0) is 25.7 Å². The molecule has 36 heavy (non-hydrogen) atoms. The van der Waals surface area contributed by atoms with Crippen molar-refractivity contribution in [2.24, 2.45) is 0 Å². The molecule has 4 rings (SSSR count). The van der Waals surface area contributed by atoms with Gasteiger partial charge >= 0.3 is 11.9 Å². The number of anilines is 1. The van der Waals surface area contributed by atoms with Crippen LogP contribution in [0.25, 0.3) is 0 Å². The molecule has 7 nitrogen and oxygen atoms in total. The van der Waals surface area contributed by atoms with E-state index in [1.165, 1.54) is 6.07 Å². The van der Waals surface area contributed by atoms with Crippen molar-refractivity contribution in [2.75, 3.05) is 31.6 Å². The number of aryl methyl sites for hydroxylation is 1. The molecule has 1 heterocycles. The molecule has 2 aliphatic rings. The van der Waals surface area contributed by atoms with Gasteiger partial charge in [0, 0.05) is 12.8 Å². The summed E-state index contributed by atoms with van der Waals surface area (Å²) in [4.78, 5) is 39.3. The van der Waals surface area contributed by atoms with Crippen molar-refractivity contribution in [3.8, 4) is 0 Å². The molecule has 192 valence electrons. The van der Waals surface area contributed by atoms with Crippen LogP contribution in [0.1, 0.15) is 60.5 Å². The fraction of sp³-hybridized carbons (Fsp3) is 0.464. The number of benzene rings is 2. The molecule has 0 atom stereocenters. The standard InChI is InChI=1S/C28H33FN2O5/c1-3-35-26(33)23-17-22(29)16-20(2)25(23)30-27(34)28(12-13-28)31(14-8-5-9-15-31)18-24(32)36-19-21-10-6-4-7-11-21/h4,6-7,10-11,16-17H,3,5,8-9,12-15,18-19H2,1-2H3/p+1. The van der Waals surface area contributed by atoms with E-state index in [2.05, 4.69) is 5.32 Å². The Kier molecular flexibility index (Phi) is 7.73. The Bertz CT molecular complexity index is 1120. The Morgan fingerprint density at radius 2 is 1.72 bits per heavy atom. The number of likely N-dealkylation sites (tertiary alicyclic amines) is 1. The molecule has 1 saturated heterocycles. The number of nitrogens with one attached hydrogen (secondary N) is 1. The zero-order valence-corrected chi connectivity index (χ0v) is 21.0. The molecule has 0 spiro atoms. The molecule has 1 aliphatic heterocycles. The van der Waals surface area contributed by atoms with E-state index in [9.17, 15) is 18.8 Å². The summed E-state index contributed by atoms with van der Waals surface area (Å²) in [6.07, 6.45) is 4.18. The van der Waals surface area contributed by atoms with Crippen LogP contribution >= 0.6 is 0 Å². The number of halogens is 1. The van der Waals surface area contributed by atoms with Crippen LogP contribution in [-0.4, -0.2) is 54.1 Å². The van der Waals surface area contributed by atoms with Crippen LogP contribution in [0.2, 0.25) is 0 Å². The number of amides is 1. The van der Waals surface area contributed by atoms with Crippen molar-refractivity contribution in [1.29, 1.82) is 0 Å². The highest BCUT2D eigenvalue weighted by atomic mass is 19.1. The second-order valence-corrected chi connectivity index (χ2v) is 9.81. The van der Waals surface area contributed by atoms with Crippen LogP contribution in [0.15, 0.2) is 42.5 Å².